The smallest absolute Gasteiger partial charge is 0.338 e. The van der Waals surface area contributed by atoms with Gasteiger partial charge in [-0.05, 0) is 70.2 Å². The van der Waals surface area contributed by atoms with Crippen LogP contribution in [-0.2, 0) is 11.2 Å². The first-order valence-electron chi connectivity index (χ1n) is 6.90. The summed E-state index contributed by atoms with van der Waals surface area (Å²) in [6.07, 6.45) is 2.15. The minimum absolute atomic E-state index is 0.221. The third-order valence-electron chi connectivity index (χ3n) is 3.44. The first-order valence-corrected chi connectivity index (χ1v) is 6.90. The fourth-order valence-electron chi connectivity index (χ4n) is 2.57. The highest BCUT2D eigenvalue weighted by molar-refractivity contribution is 5.93. The van der Waals surface area contributed by atoms with Gasteiger partial charge in [-0.15, -0.1) is 0 Å². The number of esters is 1. The summed E-state index contributed by atoms with van der Waals surface area (Å²) in [5, 5.41) is 3.43. The van der Waals surface area contributed by atoms with E-state index in [9.17, 15) is 4.79 Å². The Balaban J connectivity index is 2.42. The Hall–Kier alpha value is -1.51. The van der Waals surface area contributed by atoms with Crippen LogP contribution in [0.15, 0.2) is 6.07 Å². The van der Waals surface area contributed by atoms with Crippen LogP contribution in [-0.4, -0.2) is 18.1 Å². The number of nitrogens with one attached hydrogen (secondary N) is 1. The number of benzene rings is 1. The summed E-state index contributed by atoms with van der Waals surface area (Å²) in [5.41, 5.74) is 4.91. The third-order valence-corrected chi connectivity index (χ3v) is 3.44. The normalized spacial score (nSPS) is 14.6. The van der Waals surface area contributed by atoms with Crippen LogP contribution < -0.4 is 5.32 Å². The molecule has 104 valence electrons. The third kappa shape index (κ3) is 2.91. The highest BCUT2D eigenvalue weighted by Crippen LogP contribution is 2.32. The minimum atomic E-state index is -0.453. The fourth-order valence-corrected chi connectivity index (χ4v) is 2.57. The Labute approximate surface area is 115 Å². The molecule has 0 saturated heterocycles. The molecule has 0 fully saturated rings. The number of rotatable bonds is 1. The first kappa shape index (κ1) is 13.9. The van der Waals surface area contributed by atoms with Crippen LogP contribution in [0.2, 0.25) is 0 Å². The average molecular weight is 261 g/mol. The van der Waals surface area contributed by atoms with Crippen LogP contribution in [0.4, 0.5) is 5.69 Å². The molecule has 3 heteroatoms. The molecule has 1 N–H and O–H groups in total. The van der Waals surface area contributed by atoms with Gasteiger partial charge < -0.3 is 10.1 Å². The Morgan fingerprint density at radius 2 is 2.00 bits per heavy atom. The van der Waals surface area contributed by atoms with Crippen LogP contribution in [0.1, 0.15) is 54.2 Å². The zero-order chi connectivity index (χ0) is 14.2. The molecular formula is C16H23NO2. The molecule has 1 aliphatic rings. The van der Waals surface area contributed by atoms with Gasteiger partial charge in [0, 0.05) is 12.2 Å². The van der Waals surface area contributed by atoms with Crippen LogP contribution in [0.3, 0.4) is 0 Å². The van der Waals surface area contributed by atoms with Crippen molar-refractivity contribution in [2.75, 3.05) is 11.9 Å². The van der Waals surface area contributed by atoms with Gasteiger partial charge in [-0.1, -0.05) is 0 Å². The Bertz CT molecular complexity index is 512. The van der Waals surface area contributed by atoms with Gasteiger partial charge in [-0.2, -0.15) is 0 Å². The largest absolute Gasteiger partial charge is 0.456 e. The minimum Gasteiger partial charge on any atom is -0.456 e. The van der Waals surface area contributed by atoms with E-state index < -0.39 is 5.60 Å². The molecule has 0 amide bonds. The molecule has 0 bridgehead atoms. The molecule has 0 radical (unpaired) electrons. The number of hydrogen-bond donors (Lipinski definition) is 1. The monoisotopic (exact) mass is 261 g/mol. The van der Waals surface area contributed by atoms with Crippen molar-refractivity contribution in [2.45, 2.75) is 53.1 Å². The summed E-state index contributed by atoms with van der Waals surface area (Å²) < 4.78 is 5.49. The Kier molecular flexibility index (Phi) is 3.57. The molecule has 1 heterocycles. The predicted molar refractivity (Wildman–Crippen MR) is 77.9 cm³/mol. The number of hydrogen-bond acceptors (Lipinski definition) is 3. The second kappa shape index (κ2) is 4.87. The highest BCUT2D eigenvalue weighted by Gasteiger charge is 2.23. The second-order valence-electron chi connectivity index (χ2n) is 6.25. The second-order valence-corrected chi connectivity index (χ2v) is 6.25. The molecule has 19 heavy (non-hydrogen) atoms. The lowest BCUT2D eigenvalue weighted by Gasteiger charge is -2.25. The zero-order valence-corrected chi connectivity index (χ0v) is 12.5. The van der Waals surface area contributed by atoms with Crippen molar-refractivity contribution in [3.8, 4) is 0 Å². The molecule has 1 aliphatic heterocycles. The number of ether oxygens (including phenoxy) is 1. The van der Waals surface area contributed by atoms with Crippen molar-refractivity contribution in [2.24, 2.45) is 0 Å². The molecule has 3 nitrogen and oxygen atoms in total. The molecule has 0 aliphatic carbocycles. The van der Waals surface area contributed by atoms with Crippen molar-refractivity contribution < 1.29 is 9.53 Å². The summed E-state index contributed by atoms with van der Waals surface area (Å²) >= 11 is 0. The molecule has 0 atom stereocenters. The molecule has 2 rings (SSSR count). The van der Waals surface area contributed by atoms with Gasteiger partial charge >= 0.3 is 5.97 Å². The number of aryl methyl sites for hydroxylation is 1. The zero-order valence-electron chi connectivity index (χ0n) is 12.5. The summed E-state index contributed by atoms with van der Waals surface area (Å²) in [4.78, 5) is 12.3. The van der Waals surface area contributed by atoms with Gasteiger partial charge in [0.25, 0.3) is 0 Å². The van der Waals surface area contributed by atoms with E-state index in [0.717, 1.165) is 30.5 Å². The number of fused-ring (bicyclic) bond motifs is 1. The maximum atomic E-state index is 12.3. The standard InChI is InChI=1S/C16H23NO2/c1-10-9-13(15(18)19-16(3,4)5)11(2)12-7-6-8-17-14(10)12/h9,17H,6-8H2,1-5H3. The summed E-state index contributed by atoms with van der Waals surface area (Å²) in [6.45, 7) is 10.8. The number of carbonyl (C=O) groups excluding carboxylic acids is 1. The van der Waals surface area contributed by atoms with E-state index >= 15 is 0 Å². The van der Waals surface area contributed by atoms with Crippen molar-refractivity contribution in [3.05, 3.63) is 28.3 Å². The van der Waals surface area contributed by atoms with Crippen LogP contribution in [0, 0.1) is 13.8 Å². The lowest BCUT2D eigenvalue weighted by Crippen LogP contribution is -2.25. The lowest BCUT2D eigenvalue weighted by molar-refractivity contribution is 0.00685. The Morgan fingerprint density at radius 1 is 1.32 bits per heavy atom. The molecule has 0 spiro atoms. The van der Waals surface area contributed by atoms with Gasteiger partial charge in [-0.25, -0.2) is 4.79 Å². The van der Waals surface area contributed by atoms with Gasteiger partial charge in [0.2, 0.25) is 0 Å². The number of anilines is 1. The summed E-state index contributed by atoms with van der Waals surface area (Å²) in [6, 6.07) is 1.94. The fraction of sp³-hybridized carbons (Fsp3) is 0.562. The topological polar surface area (TPSA) is 38.3 Å². The molecule has 0 unspecified atom stereocenters. The van der Waals surface area contributed by atoms with Gasteiger partial charge in [0.15, 0.2) is 0 Å². The van der Waals surface area contributed by atoms with Crippen LogP contribution in [0.25, 0.3) is 0 Å². The summed E-state index contributed by atoms with van der Waals surface area (Å²) in [5.74, 6) is -0.221. The van der Waals surface area contributed by atoms with E-state index in [1.54, 1.807) is 0 Å². The lowest BCUT2D eigenvalue weighted by atomic mass is 9.91. The Morgan fingerprint density at radius 3 is 2.63 bits per heavy atom. The van der Waals surface area contributed by atoms with Gasteiger partial charge in [0.1, 0.15) is 5.60 Å². The maximum absolute atomic E-state index is 12.3. The van der Waals surface area contributed by atoms with Crippen LogP contribution >= 0.6 is 0 Å². The van der Waals surface area contributed by atoms with Gasteiger partial charge in [0.05, 0.1) is 5.56 Å². The molecule has 0 saturated carbocycles. The van der Waals surface area contributed by atoms with Crippen molar-refractivity contribution in [1.29, 1.82) is 0 Å². The molecule has 0 aromatic heterocycles. The highest BCUT2D eigenvalue weighted by atomic mass is 16.6. The van der Waals surface area contributed by atoms with E-state index in [1.807, 2.05) is 40.7 Å². The van der Waals surface area contributed by atoms with Crippen LogP contribution in [0.5, 0.6) is 0 Å². The first-order chi connectivity index (χ1) is 8.79. The van der Waals surface area contributed by atoms with Crippen molar-refractivity contribution in [3.63, 3.8) is 0 Å². The SMILES string of the molecule is Cc1cc(C(=O)OC(C)(C)C)c(C)c2c1NCCC2. The van der Waals surface area contributed by atoms with E-state index in [0.29, 0.717) is 5.56 Å². The average Bonchev–Trinajstić information content (AvgIpc) is 2.31. The van der Waals surface area contributed by atoms with Crippen molar-refractivity contribution >= 4 is 11.7 Å². The van der Waals surface area contributed by atoms with E-state index in [1.165, 1.54) is 11.3 Å². The van der Waals surface area contributed by atoms with E-state index in [2.05, 4.69) is 5.32 Å². The maximum Gasteiger partial charge on any atom is 0.338 e. The van der Waals surface area contributed by atoms with Crippen molar-refractivity contribution in [1.82, 2.24) is 0 Å². The van der Waals surface area contributed by atoms with E-state index in [4.69, 9.17) is 4.74 Å². The van der Waals surface area contributed by atoms with Gasteiger partial charge in [-0.3, -0.25) is 0 Å². The number of carbonyl (C=O) groups is 1. The quantitative estimate of drug-likeness (QED) is 0.785. The molecule has 1 aromatic carbocycles. The summed E-state index contributed by atoms with van der Waals surface area (Å²) in [7, 11) is 0. The molecular weight excluding hydrogens is 238 g/mol. The van der Waals surface area contributed by atoms with E-state index in [-0.39, 0.29) is 5.97 Å². The molecule has 1 aromatic rings. The predicted octanol–water partition coefficient (Wildman–Crippen LogP) is 3.62.